The van der Waals surface area contributed by atoms with Gasteiger partial charge in [0.2, 0.25) is 0 Å². The average molecular weight is 438 g/mol. The fourth-order valence-corrected chi connectivity index (χ4v) is 6.09. The maximum absolute atomic E-state index is 13.6. The molecule has 0 radical (unpaired) electrons. The van der Waals surface area contributed by atoms with Gasteiger partial charge in [0.25, 0.3) is 5.91 Å². The second-order valence-electron chi connectivity index (χ2n) is 8.23. The predicted octanol–water partition coefficient (Wildman–Crippen LogP) is 3.03. The van der Waals surface area contributed by atoms with E-state index in [2.05, 4.69) is 0 Å². The van der Waals surface area contributed by atoms with Crippen LogP contribution in [0.1, 0.15) is 29.9 Å². The van der Waals surface area contributed by atoms with Gasteiger partial charge in [-0.05, 0) is 32.0 Å². The number of sulfone groups is 1. The van der Waals surface area contributed by atoms with Crippen LogP contribution in [0.5, 0.6) is 0 Å². The molecule has 31 heavy (non-hydrogen) atoms. The van der Waals surface area contributed by atoms with Crippen LogP contribution in [-0.2, 0) is 19.3 Å². The molecule has 7 nitrogen and oxygen atoms in total. The number of ether oxygens (including phenoxy) is 1. The van der Waals surface area contributed by atoms with E-state index in [4.69, 9.17) is 9.84 Å². The molecule has 0 aliphatic carbocycles. The lowest BCUT2D eigenvalue weighted by Gasteiger charge is -2.33. The smallest absolute Gasteiger partial charge is 0.274 e. The van der Waals surface area contributed by atoms with Crippen molar-refractivity contribution in [1.29, 1.82) is 0 Å². The highest BCUT2D eigenvalue weighted by Crippen LogP contribution is 2.50. The molecule has 0 spiro atoms. The zero-order valence-electron chi connectivity index (χ0n) is 17.4. The van der Waals surface area contributed by atoms with E-state index in [1.807, 2.05) is 36.4 Å². The van der Waals surface area contributed by atoms with Crippen LogP contribution in [0.25, 0.3) is 16.9 Å². The van der Waals surface area contributed by atoms with Crippen LogP contribution in [0.15, 0.2) is 59.5 Å². The molecule has 0 atom stereocenters. The van der Waals surface area contributed by atoms with Crippen molar-refractivity contribution in [3.8, 4) is 16.9 Å². The molecule has 8 heteroatoms. The Labute approximate surface area is 181 Å². The summed E-state index contributed by atoms with van der Waals surface area (Å²) in [5.74, 6) is -0.267. The van der Waals surface area contributed by atoms with Crippen molar-refractivity contribution in [2.75, 3.05) is 26.3 Å². The molecular weight excluding hydrogens is 414 g/mol. The summed E-state index contributed by atoms with van der Waals surface area (Å²) < 4.78 is 33.0. The van der Waals surface area contributed by atoms with Gasteiger partial charge in [0.1, 0.15) is 4.75 Å². The molecule has 1 aromatic heterocycles. The molecule has 1 amide bonds. The van der Waals surface area contributed by atoms with Crippen LogP contribution in [0, 0.1) is 0 Å². The Kier molecular flexibility index (Phi) is 4.53. The van der Waals surface area contributed by atoms with Crippen molar-refractivity contribution in [1.82, 2.24) is 14.7 Å². The van der Waals surface area contributed by atoms with Crippen molar-refractivity contribution in [3.63, 3.8) is 0 Å². The van der Waals surface area contributed by atoms with Gasteiger partial charge in [-0.25, -0.2) is 13.1 Å². The van der Waals surface area contributed by atoms with Crippen molar-refractivity contribution in [3.05, 3.63) is 65.9 Å². The Morgan fingerprint density at radius 3 is 2.35 bits per heavy atom. The van der Waals surface area contributed by atoms with Gasteiger partial charge in [-0.3, -0.25) is 4.79 Å². The van der Waals surface area contributed by atoms with E-state index in [1.165, 1.54) is 0 Å². The molecule has 0 N–H and O–H groups in total. The zero-order valence-corrected chi connectivity index (χ0v) is 18.2. The number of amides is 1. The molecule has 1 saturated heterocycles. The van der Waals surface area contributed by atoms with E-state index in [-0.39, 0.29) is 16.5 Å². The van der Waals surface area contributed by atoms with E-state index in [9.17, 15) is 13.2 Å². The molecule has 5 rings (SSSR count). The first kappa shape index (κ1) is 20.0. The van der Waals surface area contributed by atoms with Crippen LogP contribution in [-0.4, -0.2) is 55.3 Å². The maximum Gasteiger partial charge on any atom is 0.274 e. The molecule has 0 saturated carbocycles. The summed E-state index contributed by atoms with van der Waals surface area (Å²) in [4.78, 5) is 15.5. The summed E-state index contributed by atoms with van der Waals surface area (Å²) in [6.07, 6.45) is 0. The number of fused-ring (bicyclic) bond motifs is 3. The Bertz CT molecular complexity index is 1270. The first-order valence-corrected chi connectivity index (χ1v) is 11.7. The number of carbonyl (C=O) groups is 1. The maximum atomic E-state index is 13.6. The summed E-state index contributed by atoms with van der Waals surface area (Å²) in [6, 6.07) is 16.4. The minimum Gasteiger partial charge on any atom is -0.378 e. The van der Waals surface area contributed by atoms with Gasteiger partial charge in [0.15, 0.2) is 15.5 Å². The van der Waals surface area contributed by atoms with Crippen molar-refractivity contribution in [2.45, 2.75) is 23.5 Å². The molecule has 1 fully saturated rings. The van der Waals surface area contributed by atoms with Gasteiger partial charge in [-0.2, -0.15) is 5.10 Å². The molecular formula is C23H23N3O4S. The molecule has 160 valence electrons. The van der Waals surface area contributed by atoms with Crippen molar-refractivity contribution in [2.24, 2.45) is 0 Å². The second kappa shape index (κ2) is 7.03. The molecule has 2 aliphatic rings. The zero-order chi connectivity index (χ0) is 21.8. The third-order valence-corrected chi connectivity index (χ3v) is 8.58. The first-order chi connectivity index (χ1) is 14.8. The van der Waals surface area contributed by atoms with Crippen molar-refractivity contribution < 1.29 is 17.9 Å². The summed E-state index contributed by atoms with van der Waals surface area (Å²) in [5.41, 5.74) is 2.62. The largest absolute Gasteiger partial charge is 0.378 e. The first-order valence-electron chi connectivity index (χ1n) is 10.2. The number of morpholine rings is 1. The number of carbonyl (C=O) groups excluding carboxylic acids is 1. The highest BCUT2D eigenvalue weighted by Gasteiger charge is 2.50. The Balaban J connectivity index is 1.84. The summed E-state index contributed by atoms with van der Waals surface area (Å²) in [7, 11) is -3.74. The average Bonchev–Trinajstić information content (AvgIpc) is 3.20. The van der Waals surface area contributed by atoms with Gasteiger partial charge in [-0.1, -0.05) is 36.4 Å². The third kappa shape index (κ3) is 2.85. The number of hydrogen-bond acceptors (Lipinski definition) is 5. The van der Waals surface area contributed by atoms with Gasteiger partial charge >= 0.3 is 0 Å². The molecule has 3 heterocycles. The minimum absolute atomic E-state index is 0.184. The normalized spacial score (nSPS) is 18.8. The quantitative estimate of drug-likeness (QED) is 0.616. The fourth-order valence-electron chi connectivity index (χ4n) is 4.36. The van der Waals surface area contributed by atoms with Gasteiger partial charge in [-0.15, -0.1) is 0 Å². The number of para-hydroxylation sites is 1. The molecule has 0 unspecified atom stereocenters. The third-order valence-electron chi connectivity index (χ3n) is 6.09. The molecule has 2 aliphatic heterocycles. The lowest BCUT2D eigenvalue weighted by atomic mass is 9.94. The van der Waals surface area contributed by atoms with E-state index in [1.54, 1.807) is 41.6 Å². The number of benzene rings is 2. The Hall–Kier alpha value is -2.97. The standard InChI is InChI=1S/C23H23N3O4S/c1-23(2)19-20(22(27)25-12-14-30-15-13-25)24-26(16-8-4-3-5-9-16)21(19)17-10-6-7-11-18(17)31(23,28)29/h3-11H,12-15H2,1-2H3. The topological polar surface area (TPSA) is 81.5 Å². The lowest BCUT2D eigenvalue weighted by molar-refractivity contribution is 0.0297. The van der Waals surface area contributed by atoms with Gasteiger partial charge in [0, 0.05) is 24.2 Å². The minimum atomic E-state index is -3.74. The van der Waals surface area contributed by atoms with Gasteiger partial charge in [0.05, 0.1) is 29.5 Å². The van der Waals surface area contributed by atoms with E-state index >= 15 is 0 Å². The highest BCUT2D eigenvalue weighted by atomic mass is 32.2. The lowest BCUT2D eigenvalue weighted by Crippen LogP contribution is -2.42. The van der Waals surface area contributed by atoms with Crippen LogP contribution in [0.2, 0.25) is 0 Å². The second-order valence-corrected chi connectivity index (χ2v) is 10.7. The number of aromatic nitrogens is 2. The summed E-state index contributed by atoms with van der Waals surface area (Å²) in [6.45, 7) is 5.13. The number of hydrogen-bond donors (Lipinski definition) is 0. The Morgan fingerprint density at radius 2 is 1.65 bits per heavy atom. The number of nitrogens with zero attached hydrogens (tertiary/aromatic N) is 3. The van der Waals surface area contributed by atoms with Crippen LogP contribution < -0.4 is 0 Å². The molecule has 0 bridgehead atoms. The number of rotatable bonds is 2. The van der Waals surface area contributed by atoms with E-state index < -0.39 is 14.6 Å². The highest BCUT2D eigenvalue weighted by molar-refractivity contribution is 7.92. The predicted molar refractivity (Wildman–Crippen MR) is 116 cm³/mol. The van der Waals surface area contributed by atoms with Crippen molar-refractivity contribution >= 4 is 15.7 Å². The SMILES string of the molecule is CC1(C)c2c(C(=O)N3CCOCC3)nn(-c3ccccc3)c2-c2ccccc2S1(=O)=O. The van der Waals surface area contributed by atoms with Crippen LogP contribution in [0.3, 0.4) is 0 Å². The molecule has 3 aromatic rings. The fraction of sp³-hybridized carbons (Fsp3) is 0.304. The van der Waals surface area contributed by atoms with Gasteiger partial charge < -0.3 is 9.64 Å². The summed E-state index contributed by atoms with van der Waals surface area (Å²) >= 11 is 0. The van der Waals surface area contributed by atoms with Crippen LogP contribution >= 0.6 is 0 Å². The van der Waals surface area contributed by atoms with E-state index in [0.29, 0.717) is 43.1 Å². The molecule has 2 aromatic carbocycles. The monoisotopic (exact) mass is 437 g/mol. The summed E-state index contributed by atoms with van der Waals surface area (Å²) in [5, 5.41) is 4.72. The Morgan fingerprint density at radius 1 is 1.00 bits per heavy atom. The van der Waals surface area contributed by atoms with E-state index in [0.717, 1.165) is 5.69 Å². The van der Waals surface area contributed by atoms with Crippen LogP contribution in [0.4, 0.5) is 0 Å².